The lowest BCUT2D eigenvalue weighted by atomic mass is 10.2. The Morgan fingerprint density at radius 3 is 2.84 bits per heavy atom. The van der Waals surface area contributed by atoms with Crippen LogP contribution >= 0.6 is 11.8 Å². The van der Waals surface area contributed by atoms with Crippen molar-refractivity contribution >= 4 is 35.2 Å². The van der Waals surface area contributed by atoms with Crippen molar-refractivity contribution in [1.82, 2.24) is 4.90 Å². The minimum atomic E-state index is -0.632. The van der Waals surface area contributed by atoms with Crippen LogP contribution in [0.15, 0.2) is 24.3 Å². The highest BCUT2D eigenvalue weighted by Crippen LogP contribution is 2.47. The van der Waals surface area contributed by atoms with Crippen molar-refractivity contribution < 1.29 is 19.1 Å². The molecule has 2 heterocycles. The van der Waals surface area contributed by atoms with Gasteiger partial charge in [-0.3, -0.25) is 9.59 Å². The van der Waals surface area contributed by atoms with Gasteiger partial charge in [0.25, 0.3) is 5.91 Å². The molecule has 1 aromatic rings. The third-order valence-corrected chi connectivity index (χ3v) is 5.87. The molecule has 2 aliphatic rings. The molecule has 2 saturated heterocycles. The number of amides is 2. The van der Waals surface area contributed by atoms with E-state index >= 15 is 0 Å². The molecule has 7 nitrogen and oxygen atoms in total. The van der Waals surface area contributed by atoms with E-state index in [2.05, 4.69) is 5.32 Å². The number of nitrogens with zero attached hydrogens (tertiary/aromatic N) is 2. The van der Waals surface area contributed by atoms with E-state index in [0.29, 0.717) is 23.4 Å². The number of rotatable bonds is 4. The third-order valence-electron chi connectivity index (χ3n) is 4.36. The lowest BCUT2D eigenvalue weighted by Crippen LogP contribution is -2.47. The molecule has 0 bridgehead atoms. The first-order valence-electron chi connectivity index (χ1n) is 7.86. The predicted molar refractivity (Wildman–Crippen MR) is 91.5 cm³/mol. The second-order valence-electron chi connectivity index (χ2n) is 6.11. The number of carbonyl (C=O) groups excluding carboxylic acids is 3. The summed E-state index contributed by atoms with van der Waals surface area (Å²) in [5.41, 5.74) is 1.00. The fourth-order valence-corrected chi connectivity index (χ4v) is 4.47. The van der Waals surface area contributed by atoms with Crippen LogP contribution in [0.5, 0.6) is 0 Å². The molecule has 8 heteroatoms. The van der Waals surface area contributed by atoms with Gasteiger partial charge in [0, 0.05) is 17.9 Å². The van der Waals surface area contributed by atoms with Gasteiger partial charge in [0.05, 0.1) is 16.5 Å². The maximum absolute atomic E-state index is 12.3. The minimum absolute atomic E-state index is 0.0449. The molecule has 0 aliphatic carbocycles. The van der Waals surface area contributed by atoms with Crippen molar-refractivity contribution in [2.45, 2.75) is 30.7 Å². The van der Waals surface area contributed by atoms with Crippen LogP contribution in [0, 0.1) is 11.3 Å². The first-order chi connectivity index (χ1) is 11.9. The molecular weight excluding hydrogens is 342 g/mol. The smallest absolute Gasteiger partial charge is 0.330 e. The third kappa shape index (κ3) is 3.46. The van der Waals surface area contributed by atoms with Crippen LogP contribution in [0.2, 0.25) is 0 Å². The topological polar surface area (TPSA) is 99.5 Å². The molecule has 2 aliphatic heterocycles. The molecule has 0 aromatic heterocycles. The number of ether oxygens (including phenoxy) is 1. The number of fused-ring (bicyclic) bond motifs is 1. The van der Waals surface area contributed by atoms with E-state index in [4.69, 9.17) is 10.00 Å². The van der Waals surface area contributed by atoms with E-state index < -0.39 is 24.5 Å². The average molecular weight is 359 g/mol. The molecule has 1 aromatic carbocycles. The summed E-state index contributed by atoms with van der Waals surface area (Å²) in [7, 11) is 0. The summed E-state index contributed by atoms with van der Waals surface area (Å²) in [6, 6.07) is 7.71. The van der Waals surface area contributed by atoms with Crippen LogP contribution in [0.25, 0.3) is 0 Å². The van der Waals surface area contributed by atoms with Crippen LogP contribution in [0.4, 0.5) is 5.69 Å². The Morgan fingerprint density at radius 2 is 2.16 bits per heavy atom. The number of thioether (sulfide) groups is 1. The van der Waals surface area contributed by atoms with Crippen LogP contribution in [0.3, 0.4) is 0 Å². The Balaban J connectivity index is 1.53. The van der Waals surface area contributed by atoms with Gasteiger partial charge in [0.15, 0.2) is 6.61 Å². The SMILES string of the molecule is C[C@]12CCC(=O)N1[C@H](C(=O)OCC(=O)Nc1ccc(C#N)cc1)CS2. The van der Waals surface area contributed by atoms with E-state index in [-0.39, 0.29) is 10.8 Å². The molecule has 2 fully saturated rings. The molecule has 25 heavy (non-hydrogen) atoms. The van der Waals surface area contributed by atoms with Crippen molar-refractivity contribution in [3.8, 4) is 6.07 Å². The maximum atomic E-state index is 12.3. The second-order valence-corrected chi connectivity index (χ2v) is 7.61. The van der Waals surface area contributed by atoms with Gasteiger partial charge in [-0.2, -0.15) is 5.26 Å². The molecule has 2 atom stereocenters. The molecule has 1 N–H and O–H groups in total. The quantitative estimate of drug-likeness (QED) is 0.818. The standard InChI is InChI=1S/C17H17N3O4S/c1-17-7-6-15(22)20(17)13(10-25-17)16(23)24-9-14(21)19-12-4-2-11(8-18)3-5-12/h2-5,13H,6-7,9-10H2,1H3,(H,19,21)/t13-,17-/m0/s1. The van der Waals surface area contributed by atoms with Gasteiger partial charge >= 0.3 is 5.97 Å². The summed E-state index contributed by atoms with van der Waals surface area (Å²) in [4.78, 5) is 37.4. The Morgan fingerprint density at radius 1 is 1.44 bits per heavy atom. The van der Waals surface area contributed by atoms with Gasteiger partial charge in [0.2, 0.25) is 5.91 Å². The normalized spacial score (nSPS) is 24.6. The number of carbonyl (C=O) groups is 3. The summed E-state index contributed by atoms with van der Waals surface area (Å²) in [6.07, 6.45) is 1.16. The predicted octanol–water partition coefficient (Wildman–Crippen LogP) is 1.49. The van der Waals surface area contributed by atoms with Crippen molar-refractivity contribution in [1.29, 1.82) is 5.26 Å². The van der Waals surface area contributed by atoms with E-state index in [1.807, 2.05) is 13.0 Å². The highest BCUT2D eigenvalue weighted by atomic mass is 32.2. The van der Waals surface area contributed by atoms with Gasteiger partial charge < -0.3 is 15.0 Å². The number of nitrogens with one attached hydrogen (secondary N) is 1. The van der Waals surface area contributed by atoms with Crippen molar-refractivity contribution in [3.05, 3.63) is 29.8 Å². The van der Waals surface area contributed by atoms with Crippen LogP contribution in [-0.2, 0) is 19.1 Å². The van der Waals surface area contributed by atoms with E-state index in [1.165, 1.54) is 0 Å². The summed E-state index contributed by atoms with van der Waals surface area (Å²) >= 11 is 1.57. The monoisotopic (exact) mass is 359 g/mol. The van der Waals surface area contributed by atoms with Crippen LogP contribution in [-0.4, -0.2) is 46.0 Å². The fourth-order valence-electron chi connectivity index (χ4n) is 3.05. The van der Waals surface area contributed by atoms with Gasteiger partial charge in [-0.25, -0.2) is 4.79 Å². The zero-order chi connectivity index (χ0) is 18.0. The molecule has 0 spiro atoms. The summed E-state index contributed by atoms with van der Waals surface area (Å²) in [6.45, 7) is 1.53. The molecule has 0 saturated carbocycles. The first kappa shape index (κ1) is 17.3. The van der Waals surface area contributed by atoms with Gasteiger partial charge in [-0.05, 0) is 37.6 Å². The fraction of sp³-hybridized carbons (Fsp3) is 0.412. The highest BCUT2D eigenvalue weighted by molar-refractivity contribution is 8.01. The zero-order valence-electron chi connectivity index (χ0n) is 13.7. The van der Waals surface area contributed by atoms with Crippen molar-refractivity contribution in [3.63, 3.8) is 0 Å². The summed E-state index contributed by atoms with van der Waals surface area (Å²) < 4.78 is 5.10. The molecule has 2 amide bonds. The minimum Gasteiger partial charge on any atom is -0.454 e. The van der Waals surface area contributed by atoms with Crippen LogP contribution in [0.1, 0.15) is 25.3 Å². The molecule has 0 radical (unpaired) electrons. The highest BCUT2D eigenvalue weighted by Gasteiger charge is 2.53. The Kier molecular flexibility index (Phi) is 4.68. The molecule has 0 unspecified atom stereocenters. The summed E-state index contributed by atoms with van der Waals surface area (Å²) in [5, 5.41) is 11.3. The zero-order valence-corrected chi connectivity index (χ0v) is 14.5. The number of hydrogen-bond donors (Lipinski definition) is 1. The van der Waals surface area contributed by atoms with E-state index in [9.17, 15) is 14.4 Å². The molecular formula is C17H17N3O4S. The lowest BCUT2D eigenvalue weighted by Gasteiger charge is -2.29. The number of esters is 1. The molecule has 130 valence electrons. The van der Waals surface area contributed by atoms with Gasteiger partial charge in [0.1, 0.15) is 6.04 Å². The number of nitriles is 1. The van der Waals surface area contributed by atoms with Crippen molar-refractivity contribution in [2.24, 2.45) is 0 Å². The Bertz CT molecular complexity index is 758. The number of hydrogen-bond acceptors (Lipinski definition) is 6. The maximum Gasteiger partial charge on any atom is 0.330 e. The Labute approximate surface area is 149 Å². The van der Waals surface area contributed by atoms with Crippen molar-refractivity contribution in [2.75, 3.05) is 17.7 Å². The number of benzene rings is 1. The van der Waals surface area contributed by atoms with Gasteiger partial charge in [-0.15, -0.1) is 11.8 Å². The Hall–Kier alpha value is -2.53. The summed E-state index contributed by atoms with van der Waals surface area (Å²) in [5.74, 6) is -0.588. The van der Waals surface area contributed by atoms with Crippen LogP contribution < -0.4 is 5.32 Å². The van der Waals surface area contributed by atoms with E-state index in [1.54, 1.807) is 40.9 Å². The van der Waals surface area contributed by atoms with E-state index in [0.717, 1.165) is 6.42 Å². The lowest BCUT2D eigenvalue weighted by molar-refractivity contribution is -0.155. The largest absolute Gasteiger partial charge is 0.454 e. The van der Waals surface area contributed by atoms with Gasteiger partial charge in [-0.1, -0.05) is 0 Å². The second kappa shape index (κ2) is 6.76. The average Bonchev–Trinajstić information content (AvgIpc) is 3.10. The molecule has 3 rings (SSSR count). The first-order valence-corrected chi connectivity index (χ1v) is 8.84. The number of anilines is 1.